The maximum Gasteiger partial charge on any atom is 0.336 e. The van der Waals surface area contributed by atoms with E-state index in [0.29, 0.717) is 17.9 Å². The molecule has 4 heteroatoms. The van der Waals surface area contributed by atoms with Crippen molar-refractivity contribution in [1.29, 1.82) is 0 Å². The second-order valence-corrected chi connectivity index (χ2v) is 7.01. The van der Waals surface area contributed by atoms with Crippen molar-refractivity contribution < 1.29 is 15.0 Å². The van der Waals surface area contributed by atoms with Crippen molar-refractivity contribution in [2.24, 2.45) is 17.3 Å². The zero-order valence-corrected chi connectivity index (χ0v) is 12.8. The Morgan fingerprint density at radius 2 is 1.90 bits per heavy atom. The molecule has 0 aromatic heterocycles. The molecule has 0 bridgehead atoms. The number of carboxylic acids is 1. The van der Waals surface area contributed by atoms with Gasteiger partial charge in [-0.1, -0.05) is 44.5 Å². The van der Waals surface area contributed by atoms with Gasteiger partial charge in [0.05, 0.1) is 0 Å². The van der Waals surface area contributed by atoms with Crippen molar-refractivity contribution in [2.45, 2.75) is 39.2 Å². The van der Waals surface area contributed by atoms with Crippen LogP contribution in [0.25, 0.3) is 0 Å². The van der Waals surface area contributed by atoms with Crippen LogP contribution in [-0.4, -0.2) is 21.8 Å². The molecular formula is C16H21ClO3. The lowest BCUT2D eigenvalue weighted by Crippen LogP contribution is -2.53. The van der Waals surface area contributed by atoms with Crippen molar-refractivity contribution in [3.05, 3.63) is 34.9 Å². The number of hydrogen-bond acceptors (Lipinski definition) is 2. The lowest BCUT2D eigenvalue weighted by molar-refractivity contribution is -0.175. The first kappa shape index (κ1) is 15.3. The van der Waals surface area contributed by atoms with E-state index in [0.717, 1.165) is 5.56 Å². The molecule has 0 saturated heterocycles. The zero-order valence-electron chi connectivity index (χ0n) is 12.1. The number of carbonyl (C=O) groups is 1. The Morgan fingerprint density at radius 3 is 2.40 bits per heavy atom. The summed E-state index contributed by atoms with van der Waals surface area (Å²) in [5, 5.41) is 21.0. The van der Waals surface area contributed by atoms with Crippen LogP contribution in [0.5, 0.6) is 0 Å². The Morgan fingerprint density at radius 1 is 1.35 bits per heavy atom. The van der Waals surface area contributed by atoms with Crippen molar-refractivity contribution in [3.63, 3.8) is 0 Å². The van der Waals surface area contributed by atoms with Crippen LogP contribution < -0.4 is 0 Å². The Hall–Kier alpha value is -1.06. The third kappa shape index (κ3) is 2.33. The van der Waals surface area contributed by atoms with E-state index in [9.17, 15) is 15.0 Å². The minimum absolute atomic E-state index is 0.154. The number of benzene rings is 1. The molecule has 1 aromatic carbocycles. The average molecular weight is 297 g/mol. The summed E-state index contributed by atoms with van der Waals surface area (Å²) in [6, 6.07) is 7.37. The first-order chi connectivity index (χ1) is 9.18. The molecule has 1 aromatic rings. The van der Waals surface area contributed by atoms with E-state index >= 15 is 0 Å². The summed E-state index contributed by atoms with van der Waals surface area (Å²) in [6.07, 6.45) is 1.25. The average Bonchev–Trinajstić information content (AvgIpc) is 2.52. The highest BCUT2D eigenvalue weighted by molar-refractivity contribution is 6.30. The first-order valence-corrected chi connectivity index (χ1v) is 7.26. The lowest BCUT2D eigenvalue weighted by Gasteiger charge is -2.37. The molecule has 0 heterocycles. The quantitative estimate of drug-likeness (QED) is 0.899. The van der Waals surface area contributed by atoms with Gasteiger partial charge in [0.25, 0.3) is 0 Å². The maximum absolute atomic E-state index is 11.7. The van der Waals surface area contributed by atoms with Gasteiger partial charge in [-0.2, -0.15) is 0 Å². The molecule has 1 saturated carbocycles. The lowest BCUT2D eigenvalue weighted by atomic mass is 9.72. The van der Waals surface area contributed by atoms with E-state index in [4.69, 9.17) is 11.6 Å². The van der Waals surface area contributed by atoms with Gasteiger partial charge in [0.15, 0.2) is 5.60 Å². The smallest absolute Gasteiger partial charge is 0.336 e. The van der Waals surface area contributed by atoms with Gasteiger partial charge >= 0.3 is 5.97 Å². The minimum Gasteiger partial charge on any atom is -0.479 e. The highest BCUT2D eigenvalue weighted by Crippen LogP contribution is 2.53. The van der Waals surface area contributed by atoms with Gasteiger partial charge < -0.3 is 10.2 Å². The fourth-order valence-electron chi connectivity index (χ4n) is 3.69. The molecule has 1 aliphatic carbocycles. The van der Waals surface area contributed by atoms with Gasteiger partial charge in [0.1, 0.15) is 0 Å². The van der Waals surface area contributed by atoms with Gasteiger partial charge in [-0.05, 0) is 36.5 Å². The molecule has 110 valence electrons. The summed E-state index contributed by atoms with van der Waals surface area (Å²) in [6.45, 7) is 5.68. The van der Waals surface area contributed by atoms with Crippen LogP contribution in [0, 0.1) is 17.3 Å². The normalized spacial score (nSPS) is 32.2. The van der Waals surface area contributed by atoms with Crippen molar-refractivity contribution in [1.82, 2.24) is 0 Å². The number of rotatable bonds is 3. The molecule has 0 spiro atoms. The molecule has 3 unspecified atom stereocenters. The van der Waals surface area contributed by atoms with Crippen molar-refractivity contribution in [3.8, 4) is 0 Å². The molecule has 2 rings (SSSR count). The van der Waals surface area contributed by atoms with Crippen molar-refractivity contribution in [2.75, 3.05) is 0 Å². The fraction of sp³-hybridized carbons (Fsp3) is 0.562. The van der Waals surface area contributed by atoms with Gasteiger partial charge in [-0.25, -0.2) is 4.79 Å². The molecule has 20 heavy (non-hydrogen) atoms. The van der Waals surface area contributed by atoms with Gasteiger partial charge in [-0.15, -0.1) is 0 Å². The van der Waals surface area contributed by atoms with Crippen molar-refractivity contribution >= 4 is 17.6 Å². The summed E-state index contributed by atoms with van der Waals surface area (Å²) in [4.78, 5) is 11.7. The van der Waals surface area contributed by atoms with Crippen LogP contribution in [0.3, 0.4) is 0 Å². The highest BCUT2D eigenvalue weighted by Gasteiger charge is 2.62. The molecular weight excluding hydrogens is 276 g/mol. The summed E-state index contributed by atoms with van der Waals surface area (Å²) >= 11 is 5.87. The predicted octanol–water partition coefficient (Wildman–Crippen LogP) is 3.38. The van der Waals surface area contributed by atoms with E-state index in [1.807, 2.05) is 32.9 Å². The Bertz CT molecular complexity index is 509. The molecule has 0 amide bonds. The zero-order chi connectivity index (χ0) is 15.1. The predicted molar refractivity (Wildman–Crippen MR) is 78.8 cm³/mol. The SMILES string of the molecule is CC1CC(C)(C)C(O)(C(=O)O)C1Cc1ccc(Cl)cc1. The molecule has 0 aliphatic heterocycles. The topological polar surface area (TPSA) is 57.5 Å². The number of hydrogen-bond donors (Lipinski definition) is 2. The monoisotopic (exact) mass is 296 g/mol. The standard InChI is InChI=1S/C16H21ClO3/c1-10-9-15(2,3)16(20,14(18)19)13(10)8-11-4-6-12(17)7-5-11/h4-7,10,13,20H,8-9H2,1-3H3,(H,18,19). The third-order valence-corrected chi connectivity index (χ3v) is 5.03. The highest BCUT2D eigenvalue weighted by atomic mass is 35.5. The molecule has 1 aliphatic rings. The number of halogens is 1. The van der Waals surface area contributed by atoms with Crippen LogP contribution >= 0.6 is 11.6 Å². The van der Waals surface area contributed by atoms with Crippen LogP contribution in [0.4, 0.5) is 0 Å². The van der Waals surface area contributed by atoms with E-state index in [1.54, 1.807) is 12.1 Å². The van der Waals surface area contributed by atoms with E-state index in [-0.39, 0.29) is 11.8 Å². The maximum atomic E-state index is 11.7. The number of carboxylic acid groups (broad SMARTS) is 1. The minimum atomic E-state index is -1.69. The molecule has 2 N–H and O–H groups in total. The van der Waals surface area contributed by atoms with Gasteiger partial charge in [0, 0.05) is 16.4 Å². The third-order valence-electron chi connectivity index (χ3n) is 4.78. The van der Waals surface area contributed by atoms with E-state index < -0.39 is 17.0 Å². The molecule has 3 nitrogen and oxygen atoms in total. The van der Waals surface area contributed by atoms with Gasteiger partial charge in [-0.3, -0.25) is 0 Å². The summed E-state index contributed by atoms with van der Waals surface area (Å²) < 4.78 is 0. The Kier molecular flexibility index (Phi) is 3.87. The summed E-state index contributed by atoms with van der Waals surface area (Å²) in [5.74, 6) is -1.26. The van der Waals surface area contributed by atoms with Crippen LogP contribution in [-0.2, 0) is 11.2 Å². The second-order valence-electron chi connectivity index (χ2n) is 6.57. The van der Waals surface area contributed by atoms with Crippen LogP contribution in [0.15, 0.2) is 24.3 Å². The Labute approximate surface area is 124 Å². The number of aliphatic carboxylic acids is 1. The second kappa shape index (κ2) is 5.05. The summed E-state index contributed by atoms with van der Waals surface area (Å²) in [7, 11) is 0. The molecule has 1 fully saturated rings. The Balaban J connectivity index is 2.33. The van der Waals surface area contributed by atoms with E-state index in [1.165, 1.54) is 0 Å². The fourth-order valence-corrected chi connectivity index (χ4v) is 3.81. The number of aliphatic hydroxyl groups is 1. The first-order valence-electron chi connectivity index (χ1n) is 6.88. The van der Waals surface area contributed by atoms with Crippen LogP contribution in [0.2, 0.25) is 5.02 Å². The molecule has 3 atom stereocenters. The largest absolute Gasteiger partial charge is 0.479 e. The van der Waals surface area contributed by atoms with E-state index in [2.05, 4.69) is 0 Å². The van der Waals surface area contributed by atoms with Gasteiger partial charge in [0.2, 0.25) is 0 Å². The van der Waals surface area contributed by atoms with Crippen LogP contribution in [0.1, 0.15) is 32.8 Å². The summed E-state index contributed by atoms with van der Waals surface area (Å²) in [5.41, 5.74) is -1.31. The molecule has 0 radical (unpaired) electrons.